The summed E-state index contributed by atoms with van der Waals surface area (Å²) in [6.45, 7) is 4.33. The van der Waals surface area contributed by atoms with E-state index in [-0.39, 0.29) is 0 Å². The van der Waals surface area contributed by atoms with Crippen molar-refractivity contribution in [3.05, 3.63) is 35.4 Å². The third-order valence-electron chi connectivity index (χ3n) is 2.83. The monoisotopic (exact) mass is 242 g/mol. The number of hydrogen-bond acceptors (Lipinski definition) is 2. The van der Waals surface area contributed by atoms with Crippen molar-refractivity contribution in [1.82, 2.24) is 10.6 Å². The van der Waals surface area contributed by atoms with Gasteiger partial charge >= 0.3 is 0 Å². The van der Waals surface area contributed by atoms with E-state index in [0.717, 1.165) is 25.6 Å². The fourth-order valence-corrected chi connectivity index (χ4v) is 1.73. The molecule has 0 bridgehead atoms. The fourth-order valence-electron chi connectivity index (χ4n) is 1.73. The Balaban J connectivity index is 2.39. The van der Waals surface area contributed by atoms with Crippen molar-refractivity contribution in [2.75, 3.05) is 20.1 Å². The van der Waals surface area contributed by atoms with Crippen molar-refractivity contribution >= 4 is 0 Å². The Labute approximate surface area is 101 Å². The third kappa shape index (κ3) is 4.79. The van der Waals surface area contributed by atoms with E-state index in [1.54, 1.807) is 0 Å². The van der Waals surface area contributed by atoms with Gasteiger partial charge in [-0.25, -0.2) is 8.78 Å². The van der Waals surface area contributed by atoms with Gasteiger partial charge in [-0.3, -0.25) is 0 Å². The second kappa shape index (κ2) is 7.35. The molecular weight excluding hydrogens is 222 g/mol. The van der Waals surface area contributed by atoms with Crippen LogP contribution in [0.3, 0.4) is 0 Å². The predicted molar refractivity (Wildman–Crippen MR) is 65.8 cm³/mol. The Bertz CT molecular complexity index is 342. The largest absolute Gasteiger partial charge is 0.319 e. The molecule has 0 aliphatic rings. The molecule has 1 rings (SSSR count). The Morgan fingerprint density at radius 1 is 1.24 bits per heavy atom. The first-order chi connectivity index (χ1) is 8.17. The molecule has 0 heterocycles. The normalized spacial score (nSPS) is 12.7. The van der Waals surface area contributed by atoms with Gasteiger partial charge in [-0.1, -0.05) is 19.4 Å². The number of benzene rings is 1. The topological polar surface area (TPSA) is 24.1 Å². The van der Waals surface area contributed by atoms with E-state index in [2.05, 4.69) is 17.6 Å². The van der Waals surface area contributed by atoms with Crippen LogP contribution in [0.1, 0.15) is 18.9 Å². The van der Waals surface area contributed by atoms with Crippen molar-refractivity contribution in [1.29, 1.82) is 0 Å². The summed E-state index contributed by atoms with van der Waals surface area (Å²) in [6, 6.07) is 3.68. The van der Waals surface area contributed by atoms with Crippen molar-refractivity contribution in [3.8, 4) is 0 Å². The van der Waals surface area contributed by atoms with Crippen LogP contribution in [0.2, 0.25) is 0 Å². The van der Waals surface area contributed by atoms with Crippen LogP contribution in [0.5, 0.6) is 0 Å². The van der Waals surface area contributed by atoms with Gasteiger partial charge in [0.05, 0.1) is 0 Å². The molecule has 0 aliphatic carbocycles. The summed E-state index contributed by atoms with van der Waals surface area (Å²) < 4.78 is 26.0. The first-order valence-corrected chi connectivity index (χ1v) is 5.96. The molecule has 2 nitrogen and oxygen atoms in total. The molecule has 0 fully saturated rings. The van der Waals surface area contributed by atoms with Gasteiger partial charge in [0, 0.05) is 18.2 Å². The smallest absolute Gasteiger partial charge is 0.130 e. The number of nitrogens with one attached hydrogen (secondary N) is 2. The molecule has 2 N–H and O–H groups in total. The summed E-state index contributed by atoms with van der Waals surface area (Å²) in [7, 11) is 1.92. The summed E-state index contributed by atoms with van der Waals surface area (Å²) in [5.41, 5.74) is 0.505. The highest BCUT2D eigenvalue weighted by atomic mass is 19.1. The second-order valence-electron chi connectivity index (χ2n) is 4.20. The van der Waals surface area contributed by atoms with Gasteiger partial charge in [-0.05, 0) is 32.1 Å². The molecule has 0 aromatic heterocycles. The minimum absolute atomic E-state index is 0.437. The Morgan fingerprint density at radius 3 is 2.59 bits per heavy atom. The molecule has 1 unspecified atom stereocenters. The standard InChI is InChI=1S/C13H20F2N2/c1-3-10(7-16-2)8-17-9-11-4-5-12(14)6-13(11)15/h4-6,10,16-17H,3,7-9H2,1-2H3. The summed E-state index contributed by atoms with van der Waals surface area (Å²) >= 11 is 0. The van der Waals surface area contributed by atoms with Crippen LogP contribution >= 0.6 is 0 Å². The number of rotatable bonds is 7. The van der Waals surface area contributed by atoms with E-state index in [1.165, 1.54) is 12.1 Å². The zero-order valence-corrected chi connectivity index (χ0v) is 10.4. The molecule has 96 valence electrons. The van der Waals surface area contributed by atoms with Crippen molar-refractivity contribution in [2.45, 2.75) is 19.9 Å². The summed E-state index contributed by atoms with van der Waals surface area (Å²) in [5.74, 6) is -0.490. The van der Waals surface area contributed by atoms with E-state index >= 15 is 0 Å². The maximum Gasteiger partial charge on any atom is 0.130 e. The minimum atomic E-state index is -0.534. The van der Waals surface area contributed by atoms with Gasteiger partial charge in [0.2, 0.25) is 0 Å². The van der Waals surface area contributed by atoms with Crippen LogP contribution in [-0.4, -0.2) is 20.1 Å². The van der Waals surface area contributed by atoms with Crippen LogP contribution < -0.4 is 10.6 Å². The molecule has 1 aromatic rings. The maximum atomic E-state index is 13.3. The molecule has 1 atom stereocenters. The second-order valence-corrected chi connectivity index (χ2v) is 4.20. The molecule has 1 aromatic carbocycles. The Kier molecular flexibility index (Phi) is 6.08. The van der Waals surface area contributed by atoms with Gasteiger partial charge in [0.25, 0.3) is 0 Å². The van der Waals surface area contributed by atoms with Crippen molar-refractivity contribution in [3.63, 3.8) is 0 Å². The van der Waals surface area contributed by atoms with Crippen molar-refractivity contribution in [2.24, 2.45) is 5.92 Å². The van der Waals surface area contributed by atoms with Crippen LogP contribution in [0.25, 0.3) is 0 Å². The molecule has 0 saturated carbocycles. The zero-order valence-electron chi connectivity index (χ0n) is 10.4. The quantitative estimate of drug-likeness (QED) is 0.766. The predicted octanol–water partition coefficient (Wildman–Crippen LogP) is 2.30. The lowest BCUT2D eigenvalue weighted by molar-refractivity contribution is 0.441. The number of hydrogen-bond donors (Lipinski definition) is 2. The van der Waals surface area contributed by atoms with Gasteiger partial charge in [0.15, 0.2) is 0 Å². The molecule has 0 aliphatic heterocycles. The van der Waals surface area contributed by atoms with E-state index in [0.29, 0.717) is 18.0 Å². The molecule has 4 heteroatoms. The van der Waals surface area contributed by atoms with E-state index in [1.807, 2.05) is 7.05 Å². The lowest BCUT2D eigenvalue weighted by Crippen LogP contribution is -2.29. The number of halogens is 2. The van der Waals surface area contributed by atoms with Crippen LogP contribution in [0.15, 0.2) is 18.2 Å². The molecule has 17 heavy (non-hydrogen) atoms. The first kappa shape index (κ1) is 14.1. The summed E-state index contributed by atoms with van der Waals surface area (Å²) in [5, 5.41) is 6.32. The van der Waals surface area contributed by atoms with Gasteiger partial charge in [0.1, 0.15) is 11.6 Å². The third-order valence-corrected chi connectivity index (χ3v) is 2.83. The molecule has 0 saturated heterocycles. The van der Waals surface area contributed by atoms with Gasteiger partial charge in [-0.2, -0.15) is 0 Å². The first-order valence-electron chi connectivity index (χ1n) is 5.96. The van der Waals surface area contributed by atoms with E-state index < -0.39 is 11.6 Å². The van der Waals surface area contributed by atoms with Crippen LogP contribution in [-0.2, 0) is 6.54 Å². The fraction of sp³-hybridized carbons (Fsp3) is 0.538. The van der Waals surface area contributed by atoms with Gasteiger partial charge in [-0.15, -0.1) is 0 Å². The van der Waals surface area contributed by atoms with E-state index in [9.17, 15) is 8.78 Å². The van der Waals surface area contributed by atoms with Crippen LogP contribution in [0, 0.1) is 17.6 Å². The molecule has 0 amide bonds. The zero-order chi connectivity index (χ0) is 12.7. The summed E-state index contributed by atoms with van der Waals surface area (Å²) in [4.78, 5) is 0. The lowest BCUT2D eigenvalue weighted by atomic mass is 10.1. The average molecular weight is 242 g/mol. The Morgan fingerprint density at radius 2 is 2.00 bits per heavy atom. The minimum Gasteiger partial charge on any atom is -0.319 e. The molecular formula is C13H20F2N2. The van der Waals surface area contributed by atoms with Crippen molar-refractivity contribution < 1.29 is 8.78 Å². The summed E-state index contributed by atoms with van der Waals surface area (Å²) in [6.07, 6.45) is 1.07. The van der Waals surface area contributed by atoms with E-state index in [4.69, 9.17) is 0 Å². The highest BCUT2D eigenvalue weighted by Crippen LogP contribution is 2.09. The van der Waals surface area contributed by atoms with Gasteiger partial charge < -0.3 is 10.6 Å². The lowest BCUT2D eigenvalue weighted by Gasteiger charge is -2.15. The highest BCUT2D eigenvalue weighted by Gasteiger charge is 2.06. The molecule has 0 radical (unpaired) electrons. The highest BCUT2D eigenvalue weighted by molar-refractivity contribution is 5.18. The molecule has 0 spiro atoms. The SMILES string of the molecule is CCC(CNC)CNCc1ccc(F)cc1F. The maximum absolute atomic E-state index is 13.3. The van der Waals surface area contributed by atoms with Crippen LogP contribution in [0.4, 0.5) is 8.78 Å². The average Bonchev–Trinajstić information content (AvgIpc) is 2.30. The Hall–Kier alpha value is -1.00.